The highest BCUT2D eigenvalue weighted by Gasteiger charge is 2.19. The van der Waals surface area contributed by atoms with Crippen LogP contribution in [0.2, 0.25) is 0 Å². The minimum absolute atomic E-state index is 0.125. The van der Waals surface area contributed by atoms with Gasteiger partial charge in [-0.1, -0.05) is 150 Å². The van der Waals surface area contributed by atoms with Crippen LogP contribution in [-0.2, 0) is 28.6 Å². The highest BCUT2D eigenvalue weighted by atomic mass is 16.6. The second-order valence-electron chi connectivity index (χ2n) is 13.9. The van der Waals surface area contributed by atoms with E-state index >= 15 is 0 Å². The Labute approximate surface area is 337 Å². The molecule has 55 heavy (non-hydrogen) atoms. The Balaban J connectivity index is 4.52. The molecule has 0 aromatic heterocycles. The Morgan fingerprint density at radius 2 is 0.800 bits per heavy atom. The Morgan fingerprint density at radius 3 is 1.35 bits per heavy atom. The van der Waals surface area contributed by atoms with Crippen LogP contribution in [0.3, 0.4) is 0 Å². The van der Waals surface area contributed by atoms with Gasteiger partial charge in [-0.25, -0.2) is 0 Å². The maximum absolute atomic E-state index is 12.6. The van der Waals surface area contributed by atoms with Gasteiger partial charge in [-0.2, -0.15) is 0 Å². The number of hydrogen-bond donors (Lipinski definition) is 0. The maximum Gasteiger partial charge on any atom is 0.306 e. The number of ether oxygens (including phenoxy) is 3. The first-order valence-corrected chi connectivity index (χ1v) is 21.8. The fraction of sp³-hybridized carbons (Fsp3) is 0.612. The lowest BCUT2D eigenvalue weighted by molar-refractivity contribution is -0.167. The molecule has 0 fully saturated rings. The van der Waals surface area contributed by atoms with Crippen molar-refractivity contribution in [3.8, 4) is 0 Å². The Morgan fingerprint density at radius 1 is 0.400 bits per heavy atom. The molecular weight excluding hydrogens is 685 g/mol. The van der Waals surface area contributed by atoms with Crippen molar-refractivity contribution in [2.75, 3.05) is 13.2 Å². The van der Waals surface area contributed by atoms with Crippen LogP contribution >= 0.6 is 0 Å². The monoisotopic (exact) mass is 763 g/mol. The van der Waals surface area contributed by atoms with Crippen molar-refractivity contribution < 1.29 is 28.6 Å². The van der Waals surface area contributed by atoms with Crippen LogP contribution in [0.15, 0.2) is 97.2 Å². The number of rotatable bonds is 37. The second kappa shape index (κ2) is 43.1. The normalized spacial score (nSPS) is 13.0. The summed E-state index contributed by atoms with van der Waals surface area (Å²) in [5.41, 5.74) is 0. The molecule has 0 rings (SSSR count). The molecule has 0 aliphatic rings. The highest BCUT2D eigenvalue weighted by Crippen LogP contribution is 2.10. The van der Waals surface area contributed by atoms with Crippen molar-refractivity contribution in [2.45, 2.75) is 181 Å². The van der Waals surface area contributed by atoms with Gasteiger partial charge >= 0.3 is 17.9 Å². The van der Waals surface area contributed by atoms with Gasteiger partial charge in [0.1, 0.15) is 13.2 Å². The van der Waals surface area contributed by atoms with E-state index in [4.69, 9.17) is 14.2 Å². The van der Waals surface area contributed by atoms with Gasteiger partial charge in [-0.15, -0.1) is 0 Å². The van der Waals surface area contributed by atoms with Crippen LogP contribution in [0, 0.1) is 0 Å². The van der Waals surface area contributed by atoms with Crippen molar-refractivity contribution in [3.05, 3.63) is 97.2 Å². The molecule has 1 unspecified atom stereocenters. The van der Waals surface area contributed by atoms with Crippen molar-refractivity contribution in [1.82, 2.24) is 0 Å². The largest absolute Gasteiger partial charge is 0.462 e. The Hall–Kier alpha value is -3.67. The van der Waals surface area contributed by atoms with Gasteiger partial charge in [0.25, 0.3) is 0 Å². The number of unbranched alkanes of at least 4 members (excludes halogenated alkanes) is 11. The van der Waals surface area contributed by atoms with Gasteiger partial charge < -0.3 is 14.2 Å². The van der Waals surface area contributed by atoms with Crippen molar-refractivity contribution >= 4 is 17.9 Å². The van der Waals surface area contributed by atoms with Crippen molar-refractivity contribution in [1.29, 1.82) is 0 Å². The van der Waals surface area contributed by atoms with Crippen LogP contribution in [0.25, 0.3) is 0 Å². The molecule has 0 N–H and O–H groups in total. The molecule has 6 nitrogen and oxygen atoms in total. The molecule has 0 radical (unpaired) electrons. The molecule has 0 spiro atoms. The van der Waals surface area contributed by atoms with Crippen LogP contribution in [-0.4, -0.2) is 37.2 Å². The SMILES string of the molecule is CC/C=C\C/C=C\CCCCC(=O)OCC(COC(=O)CCC/C=C\C/C=C\C/C=C\C/C=C\CCCCC)OC(=O)CCCCC/C=C\C=C/CCCC. The molecule has 6 heteroatoms. The summed E-state index contributed by atoms with van der Waals surface area (Å²) >= 11 is 0. The van der Waals surface area contributed by atoms with Gasteiger partial charge in [0.2, 0.25) is 0 Å². The van der Waals surface area contributed by atoms with E-state index in [1.165, 1.54) is 38.5 Å². The minimum Gasteiger partial charge on any atom is -0.462 e. The Kier molecular flexibility index (Phi) is 40.2. The zero-order valence-electron chi connectivity index (χ0n) is 35.1. The summed E-state index contributed by atoms with van der Waals surface area (Å²) in [6, 6.07) is 0. The molecule has 0 saturated heterocycles. The van der Waals surface area contributed by atoms with Gasteiger partial charge in [0, 0.05) is 19.3 Å². The smallest absolute Gasteiger partial charge is 0.306 e. The Bertz CT molecular complexity index is 1150. The van der Waals surface area contributed by atoms with Gasteiger partial charge in [0.05, 0.1) is 0 Å². The van der Waals surface area contributed by atoms with E-state index in [-0.39, 0.29) is 44.0 Å². The van der Waals surface area contributed by atoms with Crippen LogP contribution in [0.4, 0.5) is 0 Å². The third kappa shape index (κ3) is 41.3. The molecular formula is C49H78O6. The number of carbonyl (C=O) groups is 3. The molecule has 0 heterocycles. The fourth-order valence-electron chi connectivity index (χ4n) is 5.27. The first-order valence-electron chi connectivity index (χ1n) is 21.8. The van der Waals surface area contributed by atoms with Crippen molar-refractivity contribution in [3.63, 3.8) is 0 Å². The molecule has 0 aromatic carbocycles. The van der Waals surface area contributed by atoms with Crippen molar-refractivity contribution in [2.24, 2.45) is 0 Å². The third-order valence-electron chi connectivity index (χ3n) is 8.57. The maximum atomic E-state index is 12.6. The lowest BCUT2D eigenvalue weighted by Crippen LogP contribution is -2.30. The molecule has 0 aliphatic carbocycles. The van der Waals surface area contributed by atoms with E-state index in [0.29, 0.717) is 19.3 Å². The lowest BCUT2D eigenvalue weighted by Gasteiger charge is -2.18. The van der Waals surface area contributed by atoms with Crippen LogP contribution in [0.5, 0.6) is 0 Å². The van der Waals surface area contributed by atoms with Gasteiger partial charge in [0.15, 0.2) is 6.10 Å². The van der Waals surface area contributed by atoms with Gasteiger partial charge in [-0.3, -0.25) is 14.4 Å². The summed E-state index contributed by atoms with van der Waals surface area (Å²) < 4.78 is 16.5. The average molecular weight is 763 g/mol. The summed E-state index contributed by atoms with van der Waals surface area (Å²) in [7, 11) is 0. The van der Waals surface area contributed by atoms with E-state index in [9.17, 15) is 14.4 Å². The zero-order valence-corrected chi connectivity index (χ0v) is 35.1. The summed E-state index contributed by atoms with van der Waals surface area (Å²) in [6.07, 6.45) is 55.5. The first kappa shape index (κ1) is 51.3. The quantitative estimate of drug-likeness (QED) is 0.0206. The number of hydrogen-bond acceptors (Lipinski definition) is 6. The second-order valence-corrected chi connectivity index (χ2v) is 13.9. The third-order valence-corrected chi connectivity index (χ3v) is 8.57. The first-order chi connectivity index (χ1) is 27.0. The lowest BCUT2D eigenvalue weighted by atomic mass is 10.1. The van der Waals surface area contributed by atoms with E-state index in [1.807, 2.05) is 0 Å². The fourth-order valence-corrected chi connectivity index (χ4v) is 5.27. The number of carbonyl (C=O) groups excluding carboxylic acids is 3. The number of esters is 3. The van der Waals surface area contributed by atoms with Gasteiger partial charge in [-0.05, 0) is 103 Å². The number of allylic oxidation sites excluding steroid dienone is 16. The summed E-state index contributed by atoms with van der Waals surface area (Å²) in [6.45, 7) is 6.29. The predicted octanol–water partition coefficient (Wildman–Crippen LogP) is 13.9. The molecule has 0 bridgehead atoms. The predicted molar refractivity (Wildman–Crippen MR) is 233 cm³/mol. The molecule has 0 saturated carbocycles. The van der Waals surface area contributed by atoms with Crippen LogP contribution in [0.1, 0.15) is 175 Å². The minimum atomic E-state index is -0.824. The molecule has 0 aromatic rings. The zero-order chi connectivity index (χ0) is 40.1. The molecule has 1 atom stereocenters. The van der Waals surface area contributed by atoms with Crippen LogP contribution < -0.4 is 0 Å². The van der Waals surface area contributed by atoms with E-state index < -0.39 is 6.10 Å². The molecule has 0 amide bonds. The summed E-state index contributed by atoms with van der Waals surface area (Å²) in [5, 5.41) is 0. The summed E-state index contributed by atoms with van der Waals surface area (Å²) in [4.78, 5) is 37.6. The highest BCUT2D eigenvalue weighted by molar-refractivity contribution is 5.71. The topological polar surface area (TPSA) is 78.9 Å². The van der Waals surface area contributed by atoms with E-state index in [0.717, 1.165) is 83.5 Å². The summed E-state index contributed by atoms with van der Waals surface area (Å²) in [5.74, 6) is -1.06. The average Bonchev–Trinajstić information content (AvgIpc) is 3.18. The molecule has 0 aliphatic heterocycles. The molecule has 310 valence electrons. The van der Waals surface area contributed by atoms with E-state index in [1.54, 1.807) is 0 Å². The van der Waals surface area contributed by atoms with E-state index in [2.05, 4.69) is 118 Å². The standard InChI is InChI=1S/C49H78O6/c1-4-7-10-13-16-19-21-22-23-24-25-26-28-30-33-36-39-42-48(51)54-45-46(44-53-47(50)41-38-35-32-29-18-15-12-9-6-3)55-49(52)43-40-37-34-31-27-20-17-14-11-8-5-2/h9,12,14,16-20,22-23,25-27,29-30,33,46H,4-8,10-11,13,15,21,24,28,31-32,34-45H2,1-3H3/b12-9-,17-14-,19-16-,23-22-,26-25-,27-20-,29-18-,33-30-.